The molecule has 2 amide bonds. The lowest BCUT2D eigenvalue weighted by atomic mass is 10.0. The summed E-state index contributed by atoms with van der Waals surface area (Å²) in [5, 5.41) is 14.4. The molecule has 0 aliphatic heterocycles. The van der Waals surface area contributed by atoms with Crippen molar-refractivity contribution in [3.05, 3.63) is 66.5 Å². The monoisotopic (exact) mass is 423 g/mol. The van der Waals surface area contributed by atoms with E-state index < -0.39 is 6.04 Å². The summed E-state index contributed by atoms with van der Waals surface area (Å²) in [6.45, 7) is 3.82. The van der Waals surface area contributed by atoms with Crippen LogP contribution in [0.2, 0.25) is 0 Å². The fraction of sp³-hybridized carbons (Fsp3) is 0.273. The Labute approximate surface area is 180 Å². The van der Waals surface area contributed by atoms with Gasteiger partial charge in [-0.1, -0.05) is 44.2 Å². The first-order chi connectivity index (χ1) is 14.4. The summed E-state index contributed by atoms with van der Waals surface area (Å²) >= 11 is 1.49. The number of amides is 2. The minimum atomic E-state index is -0.617. The summed E-state index contributed by atoms with van der Waals surface area (Å²) in [6, 6.07) is 16.3. The summed E-state index contributed by atoms with van der Waals surface area (Å²) < 4.78 is 1.84. The number of aryl methyl sites for hydroxylation is 1. The van der Waals surface area contributed by atoms with Crippen LogP contribution in [-0.2, 0) is 23.1 Å². The lowest BCUT2D eigenvalue weighted by Gasteiger charge is -2.22. The Hall–Kier alpha value is -3.13. The number of carbonyl (C=O) groups excluding carboxylic acids is 2. The number of aromatic nitrogens is 3. The predicted octanol–water partition coefficient (Wildman–Crippen LogP) is 3.29. The molecule has 0 aliphatic carbocycles. The van der Waals surface area contributed by atoms with Gasteiger partial charge in [-0.3, -0.25) is 9.59 Å². The van der Waals surface area contributed by atoms with Gasteiger partial charge in [0.15, 0.2) is 5.16 Å². The second-order valence-corrected chi connectivity index (χ2v) is 8.33. The molecule has 0 bridgehead atoms. The maximum atomic E-state index is 12.8. The standard InChI is InChI=1S/C22H25N5O2S/c1-15(2)20(25-19(28)13-16-7-5-4-6-8-16)21(29)24-17-9-11-18(12-10-17)30-22-26-23-14-27(22)3/h4-12,14-15,20H,13H2,1-3H3,(H,24,29)(H,25,28). The Bertz CT molecular complexity index is 986. The van der Waals surface area contributed by atoms with Crippen molar-refractivity contribution in [1.29, 1.82) is 0 Å². The van der Waals surface area contributed by atoms with Gasteiger partial charge in [0, 0.05) is 17.6 Å². The molecule has 1 heterocycles. The van der Waals surface area contributed by atoms with Gasteiger partial charge in [0.2, 0.25) is 11.8 Å². The highest BCUT2D eigenvalue weighted by molar-refractivity contribution is 7.99. The molecule has 30 heavy (non-hydrogen) atoms. The van der Waals surface area contributed by atoms with Gasteiger partial charge in [-0.2, -0.15) is 0 Å². The largest absolute Gasteiger partial charge is 0.344 e. The van der Waals surface area contributed by atoms with Gasteiger partial charge in [0.25, 0.3) is 0 Å². The van der Waals surface area contributed by atoms with E-state index >= 15 is 0 Å². The van der Waals surface area contributed by atoms with Crippen LogP contribution in [0.4, 0.5) is 5.69 Å². The maximum absolute atomic E-state index is 12.8. The highest BCUT2D eigenvalue weighted by atomic mass is 32.2. The molecule has 0 spiro atoms. The van der Waals surface area contributed by atoms with Gasteiger partial charge in [-0.15, -0.1) is 10.2 Å². The van der Waals surface area contributed by atoms with Gasteiger partial charge < -0.3 is 15.2 Å². The molecule has 2 N–H and O–H groups in total. The van der Waals surface area contributed by atoms with E-state index in [9.17, 15) is 9.59 Å². The Balaban J connectivity index is 1.59. The Kier molecular flexibility index (Phi) is 7.24. The van der Waals surface area contributed by atoms with Crippen LogP contribution in [0.5, 0.6) is 0 Å². The van der Waals surface area contributed by atoms with Crippen molar-refractivity contribution in [2.24, 2.45) is 13.0 Å². The number of nitrogens with zero attached hydrogens (tertiary/aromatic N) is 3. The van der Waals surface area contributed by atoms with E-state index in [0.717, 1.165) is 15.6 Å². The first-order valence-electron chi connectivity index (χ1n) is 9.68. The predicted molar refractivity (Wildman–Crippen MR) is 117 cm³/mol. The lowest BCUT2D eigenvalue weighted by Crippen LogP contribution is -2.47. The summed E-state index contributed by atoms with van der Waals surface area (Å²) in [6.07, 6.45) is 1.89. The van der Waals surface area contributed by atoms with Crippen LogP contribution in [-0.4, -0.2) is 32.6 Å². The summed E-state index contributed by atoms with van der Waals surface area (Å²) in [4.78, 5) is 26.2. The molecule has 3 rings (SSSR count). The van der Waals surface area contributed by atoms with E-state index in [1.165, 1.54) is 11.8 Å². The molecule has 1 aromatic heterocycles. The summed E-state index contributed by atoms with van der Waals surface area (Å²) in [5.41, 5.74) is 1.58. The van der Waals surface area contributed by atoms with E-state index in [4.69, 9.17) is 0 Å². The number of nitrogens with one attached hydrogen (secondary N) is 2. The zero-order valence-electron chi connectivity index (χ0n) is 17.2. The molecule has 0 saturated heterocycles. The molecular weight excluding hydrogens is 398 g/mol. The van der Waals surface area contributed by atoms with Crippen LogP contribution in [0.3, 0.4) is 0 Å². The smallest absolute Gasteiger partial charge is 0.247 e. The van der Waals surface area contributed by atoms with E-state index in [0.29, 0.717) is 5.69 Å². The van der Waals surface area contributed by atoms with E-state index in [2.05, 4.69) is 20.8 Å². The van der Waals surface area contributed by atoms with Crippen LogP contribution in [0, 0.1) is 5.92 Å². The summed E-state index contributed by atoms with van der Waals surface area (Å²) in [5.74, 6) is -0.457. The molecular formula is C22H25N5O2S. The average molecular weight is 424 g/mol. The first kappa shape index (κ1) is 21.6. The van der Waals surface area contributed by atoms with Crippen LogP contribution < -0.4 is 10.6 Å². The molecule has 156 valence electrons. The lowest BCUT2D eigenvalue weighted by molar-refractivity contribution is -0.127. The quantitative estimate of drug-likeness (QED) is 0.580. The molecule has 0 radical (unpaired) electrons. The molecule has 8 heteroatoms. The molecule has 1 unspecified atom stereocenters. The fourth-order valence-corrected chi connectivity index (χ4v) is 3.60. The Morgan fingerprint density at radius 1 is 1.07 bits per heavy atom. The number of rotatable bonds is 8. The first-order valence-corrected chi connectivity index (χ1v) is 10.5. The van der Waals surface area contributed by atoms with Crippen molar-refractivity contribution in [3.8, 4) is 0 Å². The highest BCUT2D eigenvalue weighted by Gasteiger charge is 2.24. The average Bonchev–Trinajstić information content (AvgIpc) is 3.12. The molecule has 0 aliphatic rings. The minimum Gasteiger partial charge on any atom is -0.344 e. The van der Waals surface area contributed by atoms with Crippen LogP contribution >= 0.6 is 11.8 Å². The van der Waals surface area contributed by atoms with Crippen LogP contribution in [0.25, 0.3) is 0 Å². The fourth-order valence-electron chi connectivity index (χ4n) is 2.84. The van der Waals surface area contributed by atoms with Gasteiger partial charge in [-0.05, 0) is 47.5 Å². The molecule has 7 nitrogen and oxygen atoms in total. The van der Waals surface area contributed by atoms with Gasteiger partial charge in [0.05, 0.1) is 6.42 Å². The number of hydrogen-bond donors (Lipinski definition) is 2. The third-order valence-electron chi connectivity index (χ3n) is 4.47. The van der Waals surface area contributed by atoms with Crippen LogP contribution in [0.15, 0.2) is 71.0 Å². The van der Waals surface area contributed by atoms with Gasteiger partial charge in [0.1, 0.15) is 12.4 Å². The van der Waals surface area contributed by atoms with Gasteiger partial charge >= 0.3 is 0 Å². The van der Waals surface area contributed by atoms with Crippen molar-refractivity contribution < 1.29 is 9.59 Å². The second kappa shape index (κ2) is 10.1. The maximum Gasteiger partial charge on any atom is 0.247 e. The molecule has 1 atom stereocenters. The van der Waals surface area contributed by atoms with Crippen molar-refractivity contribution >= 4 is 29.3 Å². The number of anilines is 1. The number of carbonyl (C=O) groups is 2. The Morgan fingerprint density at radius 2 is 1.77 bits per heavy atom. The molecule has 2 aromatic carbocycles. The zero-order valence-corrected chi connectivity index (χ0v) is 18.0. The van der Waals surface area contributed by atoms with E-state index in [1.807, 2.05) is 80.1 Å². The van der Waals surface area contributed by atoms with Crippen molar-refractivity contribution in [3.63, 3.8) is 0 Å². The SMILES string of the molecule is CC(C)C(NC(=O)Cc1ccccc1)C(=O)Nc1ccc(Sc2nncn2C)cc1. The van der Waals surface area contributed by atoms with Crippen molar-refractivity contribution in [2.75, 3.05) is 5.32 Å². The molecule has 0 fully saturated rings. The minimum absolute atomic E-state index is 0.0459. The van der Waals surface area contributed by atoms with Crippen molar-refractivity contribution in [1.82, 2.24) is 20.1 Å². The second-order valence-electron chi connectivity index (χ2n) is 7.29. The Morgan fingerprint density at radius 3 is 2.37 bits per heavy atom. The summed E-state index contributed by atoms with van der Waals surface area (Å²) in [7, 11) is 1.88. The van der Waals surface area contributed by atoms with Crippen LogP contribution in [0.1, 0.15) is 19.4 Å². The third kappa shape index (κ3) is 5.93. The number of benzene rings is 2. The van der Waals surface area contributed by atoms with Crippen molar-refractivity contribution in [2.45, 2.75) is 36.4 Å². The molecule has 3 aromatic rings. The highest BCUT2D eigenvalue weighted by Crippen LogP contribution is 2.26. The third-order valence-corrected chi connectivity index (χ3v) is 5.53. The van der Waals surface area contributed by atoms with E-state index in [1.54, 1.807) is 6.33 Å². The zero-order chi connectivity index (χ0) is 21.5. The van der Waals surface area contributed by atoms with E-state index in [-0.39, 0.29) is 24.2 Å². The number of hydrogen-bond acceptors (Lipinski definition) is 5. The topological polar surface area (TPSA) is 88.9 Å². The normalized spacial score (nSPS) is 11.9. The molecule has 0 saturated carbocycles. The van der Waals surface area contributed by atoms with Gasteiger partial charge in [-0.25, -0.2) is 0 Å².